The summed E-state index contributed by atoms with van der Waals surface area (Å²) in [4.78, 5) is 31.6. The van der Waals surface area contributed by atoms with Crippen LogP contribution in [0.2, 0.25) is 0 Å². The highest BCUT2D eigenvalue weighted by Crippen LogP contribution is 2.55. The average molecular weight is 403 g/mol. The van der Waals surface area contributed by atoms with E-state index >= 15 is 0 Å². The molecule has 0 aliphatic carbocycles. The first-order valence-electron chi connectivity index (χ1n) is 10.9. The molecule has 0 bridgehead atoms. The molecule has 0 saturated carbocycles. The fourth-order valence-corrected chi connectivity index (χ4v) is 6.36. The molecular weight excluding hydrogens is 378 g/mol. The van der Waals surface area contributed by atoms with Crippen LogP contribution in [-0.2, 0) is 28.1 Å². The number of fused-ring (bicyclic) bond motifs is 5. The SMILES string of the molecule is O=C([C@@H]1C[C@H]2CCCN2[C@]12C(=O)Nc1ccccc12)N1CCc2c(O)cccc2C1. The second-order valence-electron chi connectivity index (χ2n) is 8.97. The van der Waals surface area contributed by atoms with Gasteiger partial charge in [0.05, 0.1) is 5.92 Å². The Balaban J connectivity index is 1.40. The second-order valence-corrected chi connectivity index (χ2v) is 8.97. The van der Waals surface area contributed by atoms with E-state index in [1.807, 2.05) is 41.3 Å². The van der Waals surface area contributed by atoms with E-state index in [2.05, 4.69) is 10.2 Å². The van der Waals surface area contributed by atoms with Crippen LogP contribution in [-0.4, -0.2) is 45.9 Å². The van der Waals surface area contributed by atoms with Crippen molar-refractivity contribution >= 4 is 17.5 Å². The van der Waals surface area contributed by atoms with Crippen LogP contribution in [0.3, 0.4) is 0 Å². The number of nitrogens with one attached hydrogen (secondary N) is 1. The Bertz CT molecular complexity index is 1070. The highest BCUT2D eigenvalue weighted by molar-refractivity contribution is 6.09. The number of phenolic OH excluding ortho intramolecular Hbond substituents is 1. The van der Waals surface area contributed by atoms with Crippen molar-refractivity contribution in [3.05, 3.63) is 59.2 Å². The van der Waals surface area contributed by atoms with Crippen molar-refractivity contribution in [3.63, 3.8) is 0 Å². The summed E-state index contributed by atoms with van der Waals surface area (Å²) in [6.07, 6.45) is 3.48. The number of benzene rings is 2. The first-order valence-corrected chi connectivity index (χ1v) is 10.9. The standard InChI is InChI=1S/C24H25N3O3/c28-21-9-3-5-15-14-26(12-10-17(15)21)22(29)19-13-16-6-4-11-27(16)24(19)18-7-1-2-8-20(18)25-23(24)30/h1-3,5,7-9,16,19,28H,4,6,10-14H2,(H,25,30)/t16-,19+,24+/m1/s1. The highest BCUT2D eigenvalue weighted by Gasteiger charge is 2.65. The van der Waals surface area contributed by atoms with Crippen molar-refractivity contribution in [2.45, 2.75) is 43.8 Å². The molecule has 0 unspecified atom stereocenters. The monoisotopic (exact) mass is 403 g/mol. The Morgan fingerprint density at radius 3 is 2.90 bits per heavy atom. The maximum Gasteiger partial charge on any atom is 0.250 e. The third-order valence-electron chi connectivity index (χ3n) is 7.63. The van der Waals surface area contributed by atoms with Gasteiger partial charge in [-0.1, -0.05) is 30.3 Å². The molecule has 4 aliphatic rings. The van der Waals surface area contributed by atoms with Gasteiger partial charge in [0.1, 0.15) is 11.3 Å². The molecule has 4 aliphatic heterocycles. The lowest BCUT2D eigenvalue weighted by atomic mass is 9.77. The summed E-state index contributed by atoms with van der Waals surface area (Å²) in [5.41, 5.74) is 2.83. The topological polar surface area (TPSA) is 72.9 Å². The molecule has 6 heteroatoms. The van der Waals surface area contributed by atoms with Crippen LogP contribution >= 0.6 is 0 Å². The zero-order chi connectivity index (χ0) is 20.5. The Hall–Kier alpha value is -2.86. The lowest BCUT2D eigenvalue weighted by molar-refractivity contribution is -0.145. The number of carbonyl (C=O) groups is 2. The quantitative estimate of drug-likeness (QED) is 0.768. The number of phenols is 1. The molecule has 2 aromatic carbocycles. The van der Waals surface area contributed by atoms with Gasteiger partial charge in [0.2, 0.25) is 11.8 Å². The predicted octanol–water partition coefficient (Wildman–Crippen LogP) is 2.61. The van der Waals surface area contributed by atoms with Crippen molar-refractivity contribution < 1.29 is 14.7 Å². The smallest absolute Gasteiger partial charge is 0.250 e. The normalized spacial score (nSPS) is 29.6. The Morgan fingerprint density at radius 1 is 1.13 bits per heavy atom. The van der Waals surface area contributed by atoms with Crippen molar-refractivity contribution in [1.29, 1.82) is 0 Å². The molecule has 2 amide bonds. The van der Waals surface area contributed by atoms with E-state index in [9.17, 15) is 14.7 Å². The zero-order valence-electron chi connectivity index (χ0n) is 16.8. The largest absolute Gasteiger partial charge is 0.508 e. The lowest BCUT2D eigenvalue weighted by Crippen LogP contribution is -2.55. The number of rotatable bonds is 1. The third kappa shape index (κ3) is 2.23. The fourth-order valence-electron chi connectivity index (χ4n) is 6.36. The molecule has 154 valence electrons. The Kier molecular flexibility index (Phi) is 3.78. The van der Waals surface area contributed by atoms with Crippen molar-refractivity contribution in [2.24, 2.45) is 5.92 Å². The van der Waals surface area contributed by atoms with Gasteiger partial charge in [0.15, 0.2) is 0 Å². The third-order valence-corrected chi connectivity index (χ3v) is 7.63. The molecule has 2 N–H and O–H groups in total. The van der Waals surface area contributed by atoms with Gasteiger partial charge in [0, 0.05) is 35.9 Å². The van der Waals surface area contributed by atoms with Gasteiger partial charge < -0.3 is 15.3 Å². The van der Waals surface area contributed by atoms with E-state index in [-0.39, 0.29) is 23.8 Å². The number of hydrogen-bond donors (Lipinski definition) is 2. The first kappa shape index (κ1) is 18.0. The number of aromatic hydroxyl groups is 1. The van der Waals surface area contributed by atoms with Crippen LogP contribution in [0.1, 0.15) is 36.0 Å². The predicted molar refractivity (Wildman–Crippen MR) is 112 cm³/mol. The lowest BCUT2D eigenvalue weighted by Gasteiger charge is -2.39. The van der Waals surface area contributed by atoms with E-state index in [0.29, 0.717) is 25.3 Å². The van der Waals surface area contributed by atoms with E-state index in [4.69, 9.17) is 0 Å². The van der Waals surface area contributed by atoms with Crippen LogP contribution in [0.15, 0.2) is 42.5 Å². The molecule has 30 heavy (non-hydrogen) atoms. The maximum absolute atomic E-state index is 13.9. The molecule has 0 aromatic heterocycles. The van der Waals surface area contributed by atoms with E-state index < -0.39 is 5.54 Å². The van der Waals surface area contributed by atoms with Crippen LogP contribution in [0.25, 0.3) is 0 Å². The number of anilines is 1. The zero-order valence-corrected chi connectivity index (χ0v) is 16.8. The number of nitrogens with zero attached hydrogens (tertiary/aromatic N) is 2. The summed E-state index contributed by atoms with van der Waals surface area (Å²) in [5, 5.41) is 13.2. The molecule has 4 heterocycles. The molecule has 6 rings (SSSR count). The fraction of sp³-hybridized carbons (Fsp3) is 0.417. The molecule has 2 fully saturated rings. The molecule has 1 spiro atoms. The average Bonchev–Trinajstić information content (AvgIpc) is 3.42. The van der Waals surface area contributed by atoms with Crippen LogP contribution in [0, 0.1) is 5.92 Å². The van der Waals surface area contributed by atoms with Gasteiger partial charge in [-0.25, -0.2) is 0 Å². The number of carbonyl (C=O) groups excluding carboxylic acids is 2. The second kappa shape index (κ2) is 6.32. The van der Waals surface area contributed by atoms with Gasteiger partial charge >= 0.3 is 0 Å². The summed E-state index contributed by atoms with van der Waals surface area (Å²) in [5.74, 6) is -0.0706. The number of para-hydroxylation sites is 1. The summed E-state index contributed by atoms with van der Waals surface area (Å²) >= 11 is 0. The van der Waals surface area contributed by atoms with Gasteiger partial charge in [-0.2, -0.15) is 0 Å². The summed E-state index contributed by atoms with van der Waals surface area (Å²) < 4.78 is 0. The molecule has 3 atom stereocenters. The van der Waals surface area contributed by atoms with Crippen molar-refractivity contribution in [3.8, 4) is 5.75 Å². The van der Waals surface area contributed by atoms with Gasteiger partial charge in [-0.05, 0) is 49.9 Å². The number of amides is 2. The highest BCUT2D eigenvalue weighted by atomic mass is 16.3. The molecule has 0 radical (unpaired) electrons. The summed E-state index contributed by atoms with van der Waals surface area (Å²) in [6.45, 7) is 1.92. The molecular formula is C24H25N3O3. The van der Waals surface area contributed by atoms with E-state index in [1.54, 1.807) is 6.07 Å². The summed E-state index contributed by atoms with van der Waals surface area (Å²) in [6, 6.07) is 13.6. The van der Waals surface area contributed by atoms with E-state index in [1.165, 1.54) is 0 Å². The minimum absolute atomic E-state index is 0.0542. The summed E-state index contributed by atoms with van der Waals surface area (Å²) in [7, 11) is 0. The van der Waals surface area contributed by atoms with E-state index in [0.717, 1.165) is 48.2 Å². The van der Waals surface area contributed by atoms with Crippen molar-refractivity contribution in [1.82, 2.24) is 9.80 Å². The Labute approximate surface area is 175 Å². The molecule has 2 saturated heterocycles. The first-order chi connectivity index (χ1) is 14.6. The van der Waals surface area contributed by atoms with Gasteiger partial charge in [-0.3, -0.25) is 14.5 Å². The van der Waals surface area contributed by atoms with Crippen molar-refractivity contribution in [2.75, 3.05) is 18.4 Å². The van der Waals surface area contributed by atoms with Crippen LogP contribution < -0.4 is 5.32 Å². The number of hydrogen-bond acceptors (Lipinski definition) is 4. The minimum atomic E-state index is -0.895. The molecule has 2 aromatic rings. The minimum Gasteiger partial charge on any atom is -0.508 e. The molecule has 6 nitrogen and oxygen atoms in total. The van der Waals surface area contributed by atoms with Crippen LogP contribution in [0.4, 0.5) is 5.69 Å². The van der Waals surface area contributed by atoms with Crippen LogP contribution in [0.5, 0.6) is 5.75 Å². The van der Waals surface area contributed by atoms with Gasteiger partial charge in [0.25, 0.3) is 0 Å². The Morgan fingerprint density at radius 2 is 2.00 bits per heavy atom. The maximum atomic E-state index is 13.9. The van der Waals surface area contributed by atoms with Gasteiger partial charge in [-0.15, -0.1) is 0 Å².